The smallest absolute Gasteiger partial charge is 0.128 e. The van der Waals surface area contributed by atoms with Crippen LogP contribution in [-0.4, -0.2) is 24.5 Å². The minimum absolute atomic E-state index is 0.260. The zero-order valence-electron chi connectivity index (χ0n) is 12.7. The Kier molecular flexibility index (Phi) is 7.46. The van der Waals surface area contributed by atoms with Crippen molar-refractivity contribution in [1.29, 1.82) is 5.26 Å². The number of rotatable bonds is 6. The van der Waals surface area contributed by atoms with E-state index in [0.717, 1.165) is 6.54 Å². The molecule has 1 rings (SSSR count). The van der Waals surface area contributed by atoms with Crippen molar-refractivity contribution in [2.45, 2.75) is 26.8 Å². The predicted octanol–water partition coefficient (Wildman–Crippen LogP) is 2.51. The van der Waals surface area contributed by atoms with Gasteiger partial charge in [-0.25, -0.2) is 4.39 Å². The first-order valence-corrected chi connectivity index (χ1v) is 7.13. The Morgan fingerprint density at radius 1 is 1.38 bits per heavy atom. The van der Waals surface area contributed by atoms with E-state index in [4.69, 9.17) is 11.0 Å². The third-order valence-corrected chi connectivity index (χ3v) is 2.94. The van der Waals surface area contributed by atoms with Gasteiger partial charge in [0.2, 0.25) is 0 Å². The molecule has 0 aliphatic carbocycles. The van der Waals surface area contributed by atoms with Crippen molar-refractivity contribution in [3.05, 3.63) is 35.1 Å². The molecule has 4 heteroatoms. The highest BCUT2D eigenvalue weighted by Gasteiger charge is 2.11. The van der Waals surface area contributed by atoms with Crippen molar-refractivity contribution in [3.63, 3.8) is 0 Å². The third kappa shape index (κ3) is 6.40. The molecule has 0 amide bonds. The summed E-state index contributed by atoms with van der Waals surface area (Å²) in [5, 5.41) is 8.71. The number of nitrogens with zero attached hydrogens (tertiary/aromatic N) is 2. The molecule has 0 saturated carbocycles. The van der Waals surface area contributed by atoms with Crippen molar-refractivity contribution in [2.24, 2.45) is 11.7 Å². The molecule has 3 nitrogen and oxygen atoms in total. The van der Waals surface area contributed by atoms with Crippen LogP contribution in [0, 0.1) is 34.9 Å². The van der Waals surface area contributed by atoms with E-state index in [1.165, 1.54) is 6.07 Å². The summed E-state index contributed by atoms with van der Waals surface area (Å²) in [4.78, 5) is 2.11. The molecule has 0 aromatic heterocycles. The van der Waals surface area contributed by atoms with E-state index in [1.807, 2.05) is 0 Å². The predicted molar refractivity (Wildman–Crippen MR) is 82.7 cm³/mol. The molecule has 0 saturated heterocycles. The van der Waals surface area contributed by atoms with E-state index < -0.39 is 0 Å². The van der Waals surface area contributed by atoms with E-state index in [9.17, 15) is 4.39 Å². The first-order valence-electron chi connectivity index (χ1n) is 7.13. The summed E-state index contributed by atoms with van der Waals surface area (Å²) < 4.78 is 14.1. The van der Waals surface area contributed by atoms with Crippen LogP contribution in [0.1, 0.15) is 31.4 Å². The summed E-state index contributed by atoms with van der Waals surface area (Å²) in [6, 6.07) is 7.14. The van der Waals surface area contributed by atoms with Crippen molar-refractivity contribution in [1.82, 2.24) is 4.90 Å². The molecule has 0 fully saturated rings. The maximum atomic E-state index is 14.1. The Bertz CT molecular complexity index is 549. The van der Waals surface area contributed by atoms with E-state index in [1.54, 1.807) is 12.1 Å². The topological polar surface area (TPSA) is 53.0 Å². The van der Waals surface area contributed by atoms with E-state index in [0.29, 0.717) is 36.6 Å². The second kappa shape index (κ2) is 9.13. The van der Waals surface area contributed by atoms with Gasteiger partial charge in [-0.15, -0.1) is 0 Å². The molecule has 0 bridgehead atoms. The van der Waals surface area contributed by atoms with Crippen LogP contribution in [0.3, 0.4) is 0 Å². The van der Waals surface area contributed by atoms with Gasteiger partial charge in [0.1, 0.15) is 5.82 Å². The molecule has 0 aliphatic heterocycles. The lowest BCUT2D eigenvalue weighted by molar-refractivity contribution is 0.238. The van der Waals surface area contributed by atoms with Gasteiger partial charge in [0, 0.05) is 37.2 Å². The minimum atomic E-state index is -0.260. The van der Waals surface area contributed by atoms with Crippen LogP contribution in [-0.2, 0) is 6.54 Å². The number of hydrogen-bond acceptors (Lipinski definition) is 3. The van der Waals surface area contributed by atoms with Crippen LogP contribution in [0.4, 0.5) is 4.39 Å². The normalized spacial score (nSPS) is 10.3. The van der Waals surface area contributed by atoms with Crippen LogP contribution in [0.15, 0.2) is 18.2 Å². The molecule has 0 aliphatic rings. The fourth-order valence-electron chi connectivity index (χ4n) is 2.11. The van der Waals surface area contributed by atoms with Gasteiger partial charge >= 0.3 is 0 Å². The quantitative estimate of drug-likeness (QED) is 0.818. The second-order valence-corrected chi connectivity index (χ2v) is 5.35. The average Bonchev–Trinajstić information content (AvgIpc) is 2.44. The second-order valence-electron chi connectivity index (χ2n) is 5.35. The number of halogens is 1. The van der Waals surface area contributed by atoms with Crippen LogP contribution >= 0.6 is 0 Å². The molecule has 2 N–H and O–H groups in total. The molecule has 112 valence electrons. The van der Waals surface area contributed by atoms with Crippen molar-refractivity contribution >= 4 is 0 Å². The van der Waals surface area contributed by atoms with Gasteiger partial charge in [0.15, 0.2) is 0 Å². The summed E-state index contributed by atoms with van der Waals surface area (Å²) >= 11 is 0. The number of benzene rings is 1. The number of hydrogen-bond donors (Lipinski definition) is 1. The first-order chi connectivity index (χ1) is 10.1. The van der Waals surface area contributed by atoms with Crippen molar-refractivity contribution in [2.75, 3.05) is 19.6 Å². The molecule has 0 radical (unpaired) electrons. The molecule has 1 aromatic rings. The number of nitriles is 1. The highest BCUT2D eigenvalue weighted by molar-refractivity contribution is 5.37. The Balaban J connectivity index is 2.81. The minimum Gasteiger partial charge on any atom is -0.320 e. The lowest BCUT2D eigenvalue weighted by atomic mass is 10.1. The molecule has 0 atom stereocenters. The average molecular weight is 287 g/mol. The zero-order valence-corrected chi connectivity index (χ0v) is 12.7. The van der Waals surface area contributed by atoms with Crippen LogP contribution in [0.5, 0.6) is 0 Å². The first kappa shape index (κ1) is 17.2. The molecule has 0 spiro atoms. The molecule has 0 unspecified atom stereocenters. The summed E-state index contributed by atoms with van der Waals surface area (Å²) in [6.07, 6.45) is 0.453. The fraction of sp³-hybridized carbons (Fsp3) is 0.471. The van der Waals surface area contributed by atoms with Crippen molar-refractivity contribution in [3.8, 4) is 17.9 Å². The summed E-state index contributed by atoms with van der Waals surface area (Å²) in [5.41, 5.74) is 6.57. The molecule has 1 aromatic carbocycles. The maximum Gasteiger partial charge on any atom is 0.128 e. The molecule has 21 heavy (non-hydrogen) atoms. The third-order valence-electron chi connectivity index (χ3n) is 2.94. The monoisotopic (exact) mass is 287 g/mol. The Labute approximate surface area is 126 Å². The Morgan fingerprint density at radius 3 is 2.71 bits per heavy atom. The van der Waals surface area contributed by atoms with Gasteiger partial charge in [-0.2, -0.15) is 5.26 Å². The lowest BCUT2D eigenvalue weighted by Gasteiger charge is -2.23. The molecular weight excluding hydrogens is 265 g/mol. The standard InChI is InChI=1S/C17H22FN3/c1-14(2)12-21(10-4-9-20)13-16-7-6-15(5-3-8-19)11-17(16)18/h6-7,11,14H,4,8,10,12-13,19H2,1-2H3. The lowest BCUT2D eigenvalue weighted by Crippen LogP contribution is -2.28. The SMILES string of the molecule is CC(C)CN(CCC#N)Cc1ccc(C#CCN)cc1F. The fourth-order valence-corrected chi connectivity index (χ4v) is 2.11. The Hall–Kier alpha value is -1.88. The van der Waals surface area contributed by atoms with Gasteiger partial charge in [0.05, 0.1) is 12.6 Å². The van der Waals surface area contributed by atoms with Crippen LogP contribution in [0.25, 0.3) is 0 Å². The Morgan fingerprint density at radius 2 is 2.14 bits per heavy atom. The van der Waals surface area contributed by atoms with Gasteiger partial charge in [-0.3, -0.25) is 4.90 Å². The highest BCUT2D eigenvalue weighted by atomic mass is 19.1. The van der Waals surface area contributed by atoms with Gasteiger partial charge in [-0.05, 0) is 18.1 Å². The molecular formula is C17H22FN3. The van der Waals surface area contributed by atoms with Crippen molar-refractivity contribution < 1.29 is 4.39 Å². The summed E-state index contributed by atoms with van der Waals surface area (Å²) in [6.45, 7) is 6.50. The summed E-state index contributed by atoms with van der Waals surface area (Å²) in [7, 11) is 0. The van der Waals surface area contributed by atoms with Gasteiger partial charge < -0.3 is 5.73 Å². The van der Waals surface area contributed by atoms with Crippen LogP contribution < -0.4 is 5.73 Å². The number of nitrogens with two attached hydrogens (primary N) is 1. The summed E-state index contributed by atoms with van der Waals surface area (Å²) in [5.74, 6) is 5.75. The van der Waals surface area contributed by atoms with E-state index in [-0.39, 0.29) is 12.4 Å². The zero-order chi connectivity index (χ0) is 15.7. The van der Waals surface area contributed by atoms with E-state index in [2.05, 4.69) is 36.7 Å². The van der Waals surface area contributed by atoms with Gasteiger partial charge in [-0.1, -0.05) is 31.8 Å². The van der Waals surface area contributed by atoms with Crippen LogP contribution in [0.2, 0.25) is 0 Å². The maximum absolute atomic E-state index is 14.1. The molecule has 0 heterocycles. The van der Waals surface area contributed by atoms with E-state index >= 15 is 0 Å². The van der Waals surface area contributed by atoms with Gasteiger partial charge in [0.25, 0.3) is 0 Å². The largest absolute Gasteiger partial charge is 0.320 e. The highest BCUT2D eigenvalue weighted by Crippen LogP contribution is 2.14.